The largest absolute Gasteiger partial charge is 0.496 e. The van der Waals surface area contributed by atoms with Crippen LogP contribution in [0.3, 0.4) is 0 Å². The van der Waals surface area contributed by atoms with Gasteiger partial charge in [0.1, 0.15) is 5.75 Å². The number of hydrogen-bond donors (Lipinski definition) is 0. The van der Waals surface area contributed by atoms with Crippen molar-refractivity contribution in [3.63, 3.8) is 0 Å². The molecule has 1 aliphatic rings. The van der Waals surface area contributed by atoms with E-state index in [2.05, 4.69) is 42.8 Å². The number of anilines is 1. The van der Waals surface area contributed by atoms with Crippen LogP contribution >= 0.6 is 27.3 Å². The summed E-state index contributed by atoms with van der Waals surface area (Å²) >= 11 is 5.27. The summed E-state index contributed by atoms with van der Waals surface area (Å²) < 4.78 is 6.29. The number of piperazine rings is 1. The van der Waals surface area contributed by atoms with Crippen molar-refractivity contribution in [3.05, 3.63) is 39.8 Å². The Bertz CT molecular complexity index is 583. The quantitative estimate of drug-likeness (QED) is 0.829. The van der Waals surface area contributed by atoms with Crippen molar-refractivity contribution in [2.45, 2.75) is 6.54 Å². The van der Waals surface area contributed by atoms with Gasteiger partial charge < -0.3 is 9.64 Å². The van der Waals surface area contributed by atoms with Crippen molar-refractivity contribution in [3.8, 4) is 5.75 Å². The number of rotatable bonds is 4. The maximum absolute atomic E-state index is 5.27. The molecule has 0 spiro atoms. The SMILES string of the molecule is COc1ccc(CN2CCN(c3nccs3)CC2)cc1Br. The Morgan fingerprint density at radius 2 is 2.10 bits per heavy atom. The maximum Gasteiger partial charge on any atom is 0.185 e. The fourth-order valence-corrected chi connectivity index (χ4v) is 3.82. The van der Waals surface area contributed by atoms with E-state index in [0.717, 1.165) is 48.1 Å². The van der Waals surface area contributed by atoms with Gasteiger partial charge in [-0.3, -0.25) is 4.90 Å². The molecule has 2 aromatic rings. The van der Waals surface area contributed by atoms with E-state index in [1.165, 1.54) is 5.56 Å². The van der Waals surface area contributed by atoms with E-state index in [0.29, 0.717) is 0 Å². The second kappa shape index (κ2) is 6.77. The highest BCUT2D eigenvalue weighted by Gasteiger charge is 2.18. The molecular weight excluding hydrogens is 350 g/mol. The molecule has 0 saturated carbocycles. The maximum atomic E-state index is 5.27. The Hall–Kier alpha value is -1.11. The van der Waals surface area contributed by atoms with Crippen molar-refractivity contribution in [1.82, 2.24) is 9.88 Å². The molecule has 4 nitrogen and oxygen atoms in total. The molecule has 0 N–H and O–H groups in total. The molecule has 6 heteroatoms. The lowest BCUT2D eigenvalue weighted by Gasteiger charge is -2.34. The molecule has 3 rings (SSSR count). The van der Waals surface area contributed by atoms with E-state index in [1.807, 2.05) is 17.6 Å². The summed E-state index contributed by atoms with van der Waals surface area (Å²) in [5.41, 5.74) is 1.31. The fourth-order valence-electron chi connectivity index (χ4n) is 2.54. The molecule has 1 aromatic carbocycles. The van der Waals surface area contributed by atoms with Gasteiger partial charge in [-0.25, -0.2) is 4.98 Å². The first kappa shape index (κ1) is 14.8. The van der Waals surface area contributed by atoms with Crippen LogP contribution in [0, 0.1) is 0 Å². The summed E-state index contributed by atoms with van der Waals surface area (Å²) in [5.74, 6) is 0.882. The zero-order valence-corrected chi connectivity index (χ0v) is 14.4. The number of benzene rings is 1. The van der Waals surface area contributed by atoms with E-state index in [-0.39, 0.29) is 0 Å². The average molecular weight is 368 g/mol. The highest BCUT2D eigenvalue weighted by Crippen LogP contribution is 2.26. The number of nitrogens with zero attached hydrogens (tertiary/aromatic N) is 3. The molecule has 1 saturated heterocycles. The normalized spacial score (nSPS) is 16.2. The standard InChI is InChI=1S/C15H18BrN3OS/c1-20-14-3-2-12(10-13(14)16)11-18-5-7-19(8-6-18)15-17-4-9-21-15/h2-4,9-10H,5-8,11H2,1H3. The first-order chi connectivity index (χ1) is 10.3. The summed E-state index contributed by atoms with van der Waals surface area (Å²) in [7, 11) is 1.69. The van der Waals surface area contributed by atoms with Gasteiger partial charge in [0.2, 0.25) is 0 Å². The van der Waals surface area contributed by atoms with Crippen LogP contribution in [0.15, 0.2) is 34.2 Å². The molecule has 0 atom stereocenters. The van der Waals surface area contributed by atoms with Gasteiger partial charge in [-0.15, -0.1) is 11.3 Å². The Labute approximate surface area is 137 Å². The van der Waals surface area contributed by atoms with Crippen LogP contribution in [-0.4, -0.2) is 43.2 Å². The Morgan fingerprint density at radius 3 is 2.71 bits per heavy atom. The number of halogens is 1. The summed E-state index contributed by atoms with van der Waals surface area (Å²) in [6.45, 7) is 5.22. The average Bonchev–Trinajstić information content (AvgIpc) is 3.02. The molecule has 1 aliphatic heterocycles. The van der Waals surface area contributed by atoms with Crippen molar-refractivity contribution in [1.29, 1.82) is 0 Å². The van der Waals surface area contributed by atoms with Crippen molar-refractivity contribution in [2.75, 3.05) is 38.2 Å². The number of hydrogen-bond acceptors (Lipinski definition) is 5. The Morgan fingerprint density at radius 1 is 1.29 bits per heavy atom. The predicted octanol–water partition coefficient (Wildman–Crippen LogP) is 3.24. The van der Waals surface area contributed by atoms with Gasteiger partial charge in [-0.1, -0.05) is 6.07 Å². The molecular formula is C15H18BrN3OS. The Kier molecular flexibility index (Phi) is 4.77. The molecule has 1 fully saturated rings. The minimum absolute atomic E-state index is 0.882. The van der Waals surface area contributed by atoms with Crippen LogP contribution in [0.5, 0.6) is 5.75 Å². The van der Waals surface area contributed by atoms with Crippen molar-refractivity contribution < 1.29 is 4.74 Å². The lowest BCUT2D eigenvalue weighted by molar-refractivity contribution is 0.249. The minimum atomic E-state index is 0.882. The van der Waals surface area contributed by atoms with Gasteiger partial charge in [0, 0.05) is 44.3 Å². The van der Waals surface area contributed by atoms with Crippen LogP contribution in [0.2, 0.25) is 0 Å². The third-order valence-electron chi connectivity index (χ3n) is 3.68. The van der Waals surface area contributed by atoms with E-state index in [4.69, 9.17) is 4.74 Å². The van der Waals surface area contributed by atoms with E-state index in [1.54, 1.807) is 18.4 Å². The van der Waals surface area contributed by atoms with Crippen molar-refractivity contribution >= 4 is 32.4 Å². The highest BCUT2D eigenvalue weighted by molar-refractivity contribution is 9.10. The van der Waals surface area contributed by atoms with Crippen LogP contribution in [0.4, 0.5) is 5.13 Å². The predicted molar refractivity (Wildman–Crippen MR) is 90.3 cm³/mol. The topological polar surface area (TPSA) is 28.6 Å². The fraction of sp³-hybridized carbons (Fsp3) is 0.400. The van der Waals surface area contributed by atoms with Crippen LogP contribution in [0.25, 0.3) is 0 Å². The van der Waals surface area contributed by atoms with E-state index in [9.17, 15) is 0 Å². The van der Waals surface area contributed by atoms with Gasteiger partial charge in [-0.05, 0) is 33.6 Å². The number of thiazole rings is 1. The Balaban J connectivity index is 1.57. The third kappa shape index (κ3) is 3.56. The van der Waals surface area contributed by atoms with E-state index >= 15 is 0 Å². The second-order valence-electron chi connectivity index (χ2n) is 5.05. The van der Waals surface area contributed by atoms with Crippen LogP contribution < -0.4 is 9.64 Å². The molecule has 0 unspecified atom stereocenters. The van der Waals surface area contributed by atoms with Gasteiger partial charge in [0.05, 0.1) is 11.6 Å². The summed E-state index contributed by atoms with van der Waals surface area (Å²) in [4.78, 5) is 9.24. The van der Waals surface area contributed by atoms with Gasteiger partial charge in [0.25, 0.3) is 0 Å². The zero-order valence-electron chi connectivity index (χ0n) is 12.0. The molecule has 2 heterocycles. The van der Waals surface area contributed by atoms with Gasteiger partial charge >= 0.3 is 0 Å². The molecule has 0 bridgehead atoms. The molecule has 21 heavy (non-hydrogen) atoms. The molecule has 112 valence electrons. The summed E-state index contributed by atoms with van der Waals surface area (Å²) in [5, 5.41) is 3.18. The summed E-state index contributed by atoms with van der Waals surface area (Å²) in [6.07, 6.45) is 1.88. The smallest absolute Gasteiger partial charge is 0.185 e. The first-order valence-corrected chi connectivity index (χ1v) is 8.63. The summed E-state index contributed by atoms with van der Waals surface area (Å²) in [6, 6.07) is 6.30. The molecule has 1 aromatic heterocycles. The van der Waals surface area contributed by atoms with Crippen LogP contribution in [-0.2, 0) is 6.54 Å². The second-order valence-corrected chi connectivity index (χ2v) is 6.77. The highest BCUT2D eigenvalue weighted by atomic mass is 79.9. The lowest BCUT2D eigenvalue weighted by atomic mass is 10.2. The molecule has 0 amide bonds. The third-order valence-corrected chi connectivity index (χ3v) is 5.14. The number of ether oxygens (including phenoxy) is 1. The number of aromatic nitrogens is 1. The van der Waals surface area contributed by atoms with Crippen molar-refractivity contribution in [2.24, 2.45) is 0 Å². The first-order valence-electron chi connectivity index (χ1n) is 6.95. The van der Waals surface area contributed by atoms with E-state index < -0.39 is 0 Å². The minimum Gasteiger partial charge on any atom is -0.496 e. The van der Waals surface area contributed by atoms with Gasteiger partial charge in [-0.2, -0.15) is 0 Å². The molecule has 0 radical (unpaired) electrons. The monoisotopic (exact) mass is 367 g/mol. The van der Waals surface area contributed by atoms with Crippen LogP contribution in [0.1, 0.15) is 5.56 Å². The lowest BCUT2D eigenvalue weighted by Crippen LogP contribution is -2.45. The number of methoxy groups -OCH3 is 1. The van der Waals surface area contributed by atoms with Gasteiger partial charge in [0.15, 0.2) is 5.13 Å². The zero-order chi connectivity index (χ0) is 14.7. The molecule has 0 aliphatic carbocycles.